The average molecular weight is 1340 g/mol. The Hall–Kier alpha value is -13.2. The van der Waals surface area contributed by atoms with Crippen molar-refractivity contribution in [3.8, 4) is 0 Å². The van der Waals surface area contributed by atoms with E-state index in [2.05, 4.69) is 24.1 Å². The van der Waals surface area contributed by atoms with Crippen molar-refractivity contribution in [3.05, 3.63) is 301 Å². The first-order valence-electron chi connectivity index (χ1n) is 31.8. The van der Waals surface area contributed by atoms with Crippen LogP contribution in [0.4, 0.5) is 5.69 Å². The van der Waals surface area contributed by atoms with Crippen LogP contribution >= 0.6 is 0 Å². The summed E-state index contributed by atoms with van der Waals surface area (Å²) in [6, 6.07) is 56.1. The smallest absolute Gasteiger partial charge is 0.335 e. The Bertz CT molecular complexity index is 5120. The van der Waals surface area contributed by atoms with Gasteiger partial charge in [0, 0.05) is 163 Å². The lowest BCUT2D eigenvalue weighted by Gasteiger charge is -2.18. The number of carboxylic acids is 5. The molecule has 0 spiro atoms. The number of aromatic nitrogens is 8. The lowest BCUT2D eigenvalue weighted by atomic mass is 10.1. The number of para-hydroxylation sites is 1. The topological polar surface area (TPSA) is 290 Å². The summed E-state index contributed by atoms with van der Waals surface area (Å²) in [6.45, 7) is 4.39. The second kappa shape index (κ2) is 31.5. The molecule has 0 atom stereocenters. The molecule has 1 saturated heterocycles. The van der Waals surface area contributed by atoms with Gasteiger partial charge in [0.25, 0.3) is 0 Å². The number of amides is 2. The van der Waals surface area contributed by atoms with Gasteiger partial charge in [-0.15, -0.1) is 0 Å². The van der Waals surface area contributed by atoms with Crippen molar-refractivity contribution < 1.29 is 59.1 Å². The van der Waals surface area contributed by atoms with Crippen LogP contribution in [0.3, 0.4) is 0 Å². The predicted molar refractivity (Wildman–Crippen MR) is 380 cm³/mol. The molecule has 8 aromatic heterocycles. The number of hydrogen-bond donors (Lipinski definition) is 5. The largest absolute Gasteiger partial charge is 0.478 e. The van der Waals surface area contributed by atoms with Crippen molar-refractivity contribution in [2.75, 3.05) is 25.0 Å². The Labute approximate surface area is 572 Å². The molecule has 5 N–H and O–H groups in total. The molecular formula is C78H68N10O12. The Morgan fingerprint density at radius 2 is 0.740 bits per heavy atom. The number of hydrogen-bond acceptors (Lipinski definition) is 10. The average Bonchev–Trinajstić information content (AvgIpc) is 1.69. The van der Waals surface area contributed by atoms with Gasteiger partial charge < -0.3 is 58.2 Å². The maximum Gasteiger partial charge on any atom is 0.335 e. The fraction of sp³-hybridized carbons (Fsp3) is 0.128. The first-order valence-corrected chi connectivity index (χ1v) is 31.8. The maximum atomic E-state index is 12.4. The van der Waals surface area contributed by atoms with Gasteiger partial charge in [-0.05, 0) is 193 Å². The molecule has 0 aliphatic carbocycles. The van der Waals surface area contributed by atoms with Gasteiger partial charge >= 0.3 is 29.8 Å². The van der Waals surface area contributed by atoms with E-state index in [9.17, 15) is 33.6 Å². The number of pyridine rings is 3. The second-order valence-corrected chi connectivity index (χ2v) is 23.6. The normalized spacial score (nSPS) is 11.6. The van der Waals surface area contributed by atoms with Gasteiger partial charge in [0.15, 0.2) is 0 Å². The molecule has 2 amide bonds. The Kier molecular flexibility index (Phi) is 21.5. The first-order chi connectivity index (χ1) is 48.4. The summed E-state index contributed by atoms with van der Waals surface area (Å²) in [4.78, 5) is 95.0. The van der Waals surface area contributed by atoms with Crippen LogP contribution in [0.1, 0.15) is 81.3 Å². The van der Waals surface area contributed by atoms with Crippen molar-refractivity contribution in [3.63, 3.8) is 0 Å². The van der Waals surface area contributed by atoms with Crippen molar-refractivity contribution in [2.45, 2.75) is 45.6 Å². The van der Waals surface area contributed by atoms with Crippen LogP contribution in [-0.4, -0.2) is 130 Å². The fourth-order valence-corrected chi connectivity index (χ4v) is 11.7. The molecule has 1 aliphatic rings. The molecule has 0 radical (unpaired) electrons. The minimum atomic E-state index is -0.959. The van der Waals surface area contributed by atoms with Crippen LogP contribution < -0.4 is 4.90 Å². The molecule has 100 heavy (non-hydrogen) atoms. The van der Waals surface area contributed by atoms with Crippen molar-refractivity contribution >= 4 is 102 Å². The van der Waals surface area contributed by atoms with E-state index in [1.165, 1.54) is 0 Å². The van der Waals surface area contributed by atoms with Gasteiger partial charge in [0.1, 0.15) is 13.1 Å². The Morgan fingerprint density at radius 3 is 1.17 bits per heavy atom. The summed E-state index contributed by atoms with van der Waals surface area (Å²) >= 11 is 0. The number of likely N-dealkylation sites (N-methyl/N-ethyl adjacent to an activating group) is 1. The summed E-state index contributed by atoms with van der Waals surface area (Å²) < 4.78 is 9.91. The standard InChI is InChI=1S/C18H16N2O3.C15H16N2O3.3C15H12N2O2/c1-19(15-5-3-2-4-6-15)17(21)12-20-10-9-13-11-14(18(22)23)7-8-16(13)20;18-14(16-6-1-2-7-16)10-17-8-5-11-9-12(15(19)20)3-4-13(11)17;18-15(19)13-1-2-14-12(9-13)5-8-17(14)10-11-3-6-16-7-4-11;18-15(19)13-2-1-12-5-8-17(14(12)9-13)10-11-3-6-16-7-4-11;18-15(19)13-3-4-14-12(8-13)5-7-17(14)10-11-2-1-6-16-9-11/h2-11H,12H2,1H3,(H,22,23);3-5,8-9H,1-2,6-7,10H2,(H,19,20);3*1-9H,10H2,(H,18,19). The van der Waals surface area contributed by atoms with Gasteiger partial charge in [-0.1, -0.05) is 30.3 Å². The van der Waals surface area contributed by atoms with E-state index in [0.717, 1.165) is 116 Å². The lowest BCUT2D eigenvalue weighted by Crippen LogP contribution is -2.30. The van der Waals surface area contributed by atoms with Gasteiger partial charge in [0.05, 0.1) is 27.8 Å². The first kappa shape index (κ1) is 68.2. The van der Waals surface area contributed by atoms with Crippen LogP contribution in [0, 0.1) is 0 Å². The minimum Gasteiger partial charge on any atom is -0.478 e. The lowest BCUT2D eigenvalue weighted by molar-refractivity contribution is -0.130. The van der Waals surface area contributed by atoms with Crippen LogP contribution in [0.5, 0.6) is 0 Å². The number of benzene rings is 6. The number of rotatable bonds is 16. The van der Waals surface area contributed by atoms with Crippen LogP contribution in [-0.2, 0) is 42.3 Å². The molecular weight excluding hydrogens is 1270 g/mol. The van der Waals surface area contributed by atoms with Gasteiger partial charge in [-0.25, -0.2) is 24.0 Å². The number of aromatic carboxylic acids is 5. The third-order valence-corrected chi connectivity index (χ3v) is 17.0. The molecule has 0 unspecified atom stereocenters. The van der Waals surface area contributed by atoms with Crippen LogP contribution in [0.2, 0.25) is 0 Å². The van der Waals surface area contributed by atoms with E-state index in [-0.39, 0.29) is 29.5 Å². The van der Waals surface area contributed by atoms with E-state index in [0.29, 0.717) is 29.8 Å². The zero-order valence-corrected chi connectivity index (χ0v) is 54.2. The summed E-state index contributed by atoms with van der Waals surface area (Å²) in [5, 5.41) is 49.6. The summed E-state index contributed by atoms with van der Waals surface area (Å²) in [7, 11) is 1.74. The highest BCUT2D eigenvalue weighted by atomic mass is 16.4. The van der Waals surface area contributed by atoms with Gasteiger partial charge in [0.2, 0.25) is 11.8 Å². The highest BCUT2D eigenvalue weighted by molar-refractivity contribution is 5.98. The number of likely N-dealkylation sites (tertiary alicyclic amines) is 1. The van der Waals surface area contributed by atoms with Gasteiger partial charge in [-0.2, -0.15) is 0 Å². The summed E-state index contributed by atoms with van der Waals surface area (Å²) in [6.07, 6.45) is 22.3. The van der Waals surface area contributed by atoms with E-state index in [1.54, 1.807) is 122 Å². The van der Waals surface area contributed by atoms with Crippen molar-refractivity contribution in [2.24, 2.45) is 0 Å². The van der Waals surface area contributed by atoms with Gasteiger partial charge in [-0.3, -0.25) is 24.5 Å². The SMILES string of the molecule is CN(C(=O)Cn1ccc2cc(C(=O)O)ccc21)c1ccccc1.O=C(O)c1ccc2c(ccn2CC(=O)N2CCCC2)c1.O=C(O)c1ccc2c(ccn2Cc2cccnc2)c1.O=C(O)c1ccc2c(ccn2Cc2ccncc2)c1.O=C(O)c1ccc2ccn(Cc3ccncc3)c2c1. The fourth-order valence-electron chi connectivity index (χ4n) is 11.7. The Morgan fingerprint density at radius 1 is 0.360 bits per heavy atom. The molecule has 14 aromatic rings. The number of carbonyl (C=O) groups excluding carboxylic acids is 2. The highest BCUT2D eigenvalue weighted by Crippen LogP contribution is 2.25. The molecule has 6 aromatic carbocycles. The molecule has 1 aliphatic heterocycles. The third kappa shape index (κ3) is 16.9. The molecule has 9 heterocycles. The van der Waals surface area contributed by atoms with Crippen LogP contribution in [0.15, 0.2) is 256 Å². The molecule has 22 nitrogen and oxygen atoms in total. The quantitative estimate of drug-likeness (QED) is 0.0601. The number of carbonyl (C=O) groups is 7. The monoisotopic (exact) mass is 1340 g/mol. The number of nitrogens with zero attached hydrogens (tertiary/aromatic N) is 10. The molecule has 0 bridgehead atoms. The van der Waals surface area contributed by atoms with Crippen LogP contribution in [0.25, 0.3) is 54.5 Å². The number of fused-ring (bicyclic) bond motifs is 5. The van der Waals surface area contributed by atoms with E-state index >= 15 is 0 Å². The molecule has 0 saturated carbocycles. The summed E-state index contributed by atoms with van der Waals surface area (Å²) in [5.41, 5.74) is 10.4. The van der Waals surface area contributed by atoms with Crippen molar-refractivity contribution in [1.82, 2.24) is 42.7 Å². The van der Waals surface area contributed by atoms with E-state index < -0.39 is 29.8 Å². The maximum absolute atomic E-state index is 12.4. The molecule has 15 rings (SSSR count). The van der Waals surface area contributed by atoms with E-state index in [4.69, 9.17) is 25.5 Å². The zero-order valence-electron chi connectivity index (χ0n) is 54.2. The number of carboxylic acid groups (broad SMARTS) is 5. The zero-order chi connectivity index (χ0) is 70.2. The summed E-state index contributed by atoms with van der Waals surface area (Å²) in [5.74, 6) is -4.52. The second-order valence-electron chi connectivity index (χ2n) is 23.6. The highest BCUT2D eigenvalue weighted by Gasteiger charge is 2.20. The molecule has 22 heteroatoms. The third-order valence-electron chi connectivity index (χ3n) is 17.0. The Balaban J connectivity index is 0.000000126. The predicted octanol–water partition coefficient (Wildman–Crippen LogP) is 13.3. The van der Waals surface area contributed by atoms with E-state index in [1.807, 2.05) is 165 Å². The molecule has 502 valence electrons. The minimum absolute atomic E-state index is 0.0454. The van der Waals surface area contributed by atoms with Crippen molar-refractivity contribution in [1.29, 1.82) is 0 Å². The number of anilines is 1. The molecule has 1 fully saturated rings.